The van der Waals surface area contributed by atoms with Crippen LogP contribution in [0.4, 0.5) is 5.82 Å². The molecule has 3 aliphatic carbocycles. The van der Waals surface area contributed by atoms with Crippen LogP contribution in [-0.2, 0) is 4.79 Å². The Hall–Kier alpha value is -2.41. The second-order valence-electron chi connectivity index (χ2n) is 14.2. The highest BCUT2D eigenvalue weighted by Gasteiger charge is 2.54. The predicted octanol–water partition coefficient (Wildman–Crippen LogP) is 5.18. The summed E-state index contributed by atoms with van der Waals surface area (Å²) < 4.78 is 2.04. The van der Waals surface area contributed by atoms with Crippen LogP contribution in [0, 0.1) is 35.0 Å². The molecular weight excluding hydrogens is 488 g/mol. The molecule has 2 aromatic rings. The van der Waals surface area contributed by atoms with Gasteiger partial charge in [0.15, 0.2) is 5.82 Å². The number of rotatable bonds is 6. The number of anilines is 1. The number of aromatic nitrogens is 2. The largest absolute Gasteiger partial charge is 0.481 e. The van der Waals surface area contributed by atoms with Crippen molar-refractivity contribution < 1.29 is 9.90 Å². The number of nitrogens with zero attached hydrogens (tertiary/aromatic N) is 4. The lowest BCUT2D eigenvalue weighted by Gasteiger charge is -2.61. The van der Waals surface area contributed by atoms with Crippen molar-refractivity contribution in [2.45, 2.75) is 90.3 Å². The van der Waals surface area contributed by atoms with Crippen LogP contribution in [0.5, 0.6) is 0 Å². The molecule has 0 spiro atoms. The van der Waals surface area contributed by atoms with E-state index in [1.165, 1.54) is 45.1 Å². The average Bonchev–Trinajstić information content (AvgIpc) is 2.89. The Morgan fingerprint density at radius 1 is 1.05 bits per heavy atom. The summed E-state index contributed by atoms with van der Waals surface area (Å²) in [5, 5.41) is 9.37. The lowest BCUT2D eigenvalue weighted by atomic mass is 9.45. The first-order valence-corrected chi connectivity index (χ1v) is 15.5. The molecule has 7 heteroatoms. The molecule has 8 rings (SSSR count). The van der Waals surface area contributed by atoms with Gasteiger partial charge < -0.3 is 14.6 Å². The van der Waals surface area contributed by atoms with E-state index in [2.05, 4.69) is 25.7 Å². The van der Waals surface area contributed by atoms with Crippen molar-refractivity contribution in [2.24, 2.45) is 35.0 Å². The molecule has 7 unspecified atom stereocenters. The third-order valence-corrected chi connectivity index (χ3v) is 12.0. The highest BCUT2D eigenvalue weighted by Crippen LogP contribution is 2.62. The van der Waals surface area contributed by atoms with Crippen molar-refractivity contribution in [1.82, 2.24) is 14.5 Å². The van der Waals surface area contributed by atoms with Crippen molar-refractivity contribution in [1.29, 1.82) is 0 Å². The topological polar surface area (TPSA) is 78.7 Å². The van der Waals surface area contributed by atoms with E-state index in [0.29, 0.717) is 42.3 Å². The van der Waals surface area contributed by atoms with E-state index in [-0.39, 0.29) is 11.6 Å². The van der Waals surface area contributed by atoms with Gasteiger partial charge in [-0.2, -0.15) is 0 Å². The fourth-order valence-electron chi connectivity index (χ4n) is 9.42. The molecule has 0 amide bonds. The molecule has 6 aliphatic rings. The summed E-state index contributed by atoms with van der Waals surface area (Å²) in [7, 11) is 0. The summed E-state index contributed by atoms with van der Waals surface area (Å²) in [5.41, 5.74) is 2.23. The van der Waals surface area contributed by atoms with Gasteiger partial charge in [-0.1, -0.05) is 32.9 Å². The predicted molar refractivity (Wildman–Crippen MR) is 153 cm³/mol. The lowest BCUT2D eigenvalue weighted by molar-refractivity contribution is -0.142. The number of fused-ring (bicyclic) bond motifs is 5. The molecule has 210 valence electrons. The van der Waals surface area contributed by atoms with E-state index in [1.54, 1.807) is 0 Å². The van der Waals surface area contributed by atoms with Crippen molar-refractivity contribution >= 4 is 22.8 Å². The van der Waals surface area contributed by atoms with Crippen LogP contribution in [0.25, 0.3) is 11.0 Å². The van der Waals surface area contributed by atoms with Gasteiger partial charge in [-0.3, -0.25) is 14.5 Å². The maximum Gasteiger partial charge on any atom is 0.310 e. The zero-order valence-electron chi connectivity index (χ0n) is 23.8. The zero-order chi connectivity index (χ0) is 27.1. The van der Waals surface area contributed by atoms with Gasteiger partial charge in [-0.25, -0.2) is 4.98 Å². The molecule has 7 nitrogen and oxygen atoms in total. The molecule has 3 saturated carbocycles. The van der Waals surface area contributed by atoms with Gasteiger partial charge in [0.05, 0.1) is 17.0 Å². The SMILES string of the molecule is CC1CCC2CC(n3c(=O)c(N4CC(C(=O)O)C4)nc4ccccc43)CC1N2CCC1CCC2CC1C2(C)C. The third kappa shape index (κ3) is 4.05. The van der Waals surface area contributed by atoms with Crippen LogP contribution in [0.1, 0.15) is 78.2 Å². The number of benzene rings is 1. The monoisotopic (exact) mass is 532 g/mol. The van der Waals surface area contributed by atoms with Crippen LogP contribution in [0.15, 0.2) is 29.1 Å². The lowest BCUT2D eigenvalue weighted by Crippen LogP contribution is -2.58. The van der Waals surface area contributed by atoms with Crippen LogP contribution >= 0.6 is 0 Å². The van der Waals surface area contributed by atoms with Gasteiger partial charge in [0.25, 0.3) is 5.56 Å². The quantitative estimate of drug-likeness (QED) is 0.552. The van der Waals surface area contributed by atoms with Crippen LogP contribution in [0.2, 0.25) is 0 Å². The molecule has 0 radical (unpaired) electrons. The number of para-hydroxylation sites is 2. The van der Waals surface area contributed by atoms with Crippen LogP contribution < -0.4 is 10.5 Å². The van der Waals surface area contributed by atoms with Crippen molar-refractivity contribution in [3.05, 3.63) is 34.6 Å². The number of piperidine rings is 2. The standard InChI is InChI=1S/C32H44N4O3/c1-19-8-11-23-15-24(16-28(19)35(23)13-12-20-9-10-22-14-25(20)32(22,2)3)36-27-7-5-4-6-26(27)33-29(30(36)37)34-17-21(18-34)31(38)39/h4-7,19-25,28H,8-18H2,1-3H3,(H,38,39). The number of hydrogen-bond acceptors (Lipinski definition) is 5. The number of hydrogen-bond donors (Lipinski definition) is 1. The van der Waals surface area contributed by atoms with Gasteiger partial charge in [0.1, 0.15) is 0 Å². The van der Waals surface area contributed by atoms with Crippen molar-refractivity contribution in [2.75, 3.05) is 24.5 Å². The van der Waals surface area contributed by atoms with Crippen LogP contribution in [-0.4, -0.2) is 57.2 Å². The minimum Gasteiger partial charge on any atom is -0.481 e. The molecule has 3 aliphatic heterocycles. The second kappa shape index (κ2) is 9.32. The van der Waals surface area contributed by atoms with Gasteiger partial charge in [-0.15, -0.1) is 0 Å². The summed E-state index contributed by atoms with van der Waals surface area (Å²) in [6.45, 7) is 9.35. The Kier molecular flexibility index (Phi) is 6.11. The Balaban J connectivity index is 1.15. The Morgan fingerprint density at radius 3 is 2.59 bits per heavy atom. The molecular formula is C32H44N4O3. The van der Waals surface area contributed by atoms with Crippen molar-refractivity contribution in [3.8, 4) is 0 Å². The molecule has 7 atom stereocenters. The fourth-order valence-corrected chi connectivity index (χ4v) is 9.42. The van der Waals surface area contributed by atoms with E-state index in [1.807, 2.05) is 33.7 Å². The maximum absolute atomic E-state index is 14.0. The number of carboxylic acids is 1. The first-order chi connectivity index (χ1) is 18.7. The average molecular weight is 533 g/mol. The van der Waals surface area contributed by atoms with E-state index in [0.717, 1.165) is 41.6 Å². The van der Waals surface area contributed by atoms with E-state index in [9.17, 15) is 14.7 Å². The fraction of sp³-hybridized carbons (Fsp3) is 0.719. The molecule has 6 fully saturated rings. The highest BCUT2D eigenvalue weighted by atomic mass is 16.4. The molecule has 3 saturated heterocycles. The highest BCUT2D eigenvalue weighted by molar-refractivity contribution is 5.78. The second-order valence-corrected chi connectivity index (χ2v) is 14.2. The molecule has 1 N–H and O–H groups in total. The Morgan fingerprint density at radius 2 is 1.85 bits per heavy atom. The third-order valence-electron chi connectivity index (χ3n) is 12.0. The van der Waals surface area contributed by atoms with E-state index >= 15 is 0 Å². The van der Waals surface area contributed by atoms with Crippen LogP contribution in [0.3, 0.4) is 0 Å². The van der Waals surface area contributed by atoms with E-state index in [4.69, 9.17) is 4.98 Å². The first kappa shape index (κ1) is 25.6. The van der Waals surface area contributed by atoms with Gasteiger partial charge >= 0.3 is 5.97 Å². The summed E-state index contributed by atoms with van der Waals surface area (Å²) in [5.74, 6) is 2.58. The summed E-state index contributed by atoms with van der Waals surface area (Å²) in [6, 6.07) is 9.18. The maximum atomic E-state index is 14.0. The minimum absolute atomic E-state index is 0.0503. The summed E-state index contributed by atoms with van der Waals surface area (Å²) in [4.78, 5) is 34.9. The first-order valence-electron chi connectivity index (χ1n) is 15.5. The van der Waals surface area contributed by atoms with Crippen molar-refractivity contribution in [3.63, 3.8) is 0 Å². The Labute approximate surface area is 231 Å². The molecule has 1 aromatic heterocycles. The van der Waals surface area contributed by atoms with Gasteiger partial charge in [0, 0.05) is 31.2 Å². The van der Waals surface area contributed by atoms with Gasteiger partial charge in [-0.05, 0) is 99.1 Å². The normalized spacial score (nSPS) is 35.9. The molecule has 1 aromatic carbocycles. The number of carboxylic acid groups (broad SMARTS) is 1. The summed E-state index contributed by atoms with van der Waals surface area (Å²) in [6.07, 6.45) is 10.1. The molecule has 4 bridgehead atoms. The molecule has 4 heterocycles. The minimum atomic E-state index is -0.796. The van der Waals surface area contributed by atoms with E-state index < -0.39 is 11.9 Å². The Bertz CT molecular complexity index is 1330. The number of carbonyl (C=O) groups is 1. The zero-order valence-corrected chi connectivity index (χ0v) is 23.8. The summed E-state index contributed by atoms with van der Waals surface area (Å²) >= 11 is 0. The van der Waals surface area contributed by atoms with Gasteiger partial charge in [0.2, 0.25) is 0 Å². The smallest absolute Gasteiger partial charge is 0.310 e. The molecule has 39 heavy (non-hydrogen) atoms. The number of aliphatic carboxylic acids is 1.